The Labute approximate surface area is 136 Å². The molecule has 124 valence electrons. The number of hydrogen-bond donors (Lipinski definition) is 3. The molecule has 3 atom stereocenters. The van der Waals surface area contributed by atoms with E-state index in [0.717, 1.165) is 37.1 Å². The van der Waals surface area contributed by atoms with Crippen molar-refractivity contribution >= 4 is 17.4 Å². The van der Waals surface area contributed by atoms with E-state index in [4.69, 9.17) is 0 Å². The van der Waals surface area contributed by atoms with Gasteiger partial charge in [0.2, 0.25) is 0 Å². The van der Waals surface area contributed by atoms with Gasteiger partial charge in [0.1, 0.15) is 5.01 Å². The van der Waals surface area contributed by atoms with Crippen LogP contribution < -0.4 is 10.6 Å². The molecule has 6 heteroatoms. The molecule has 1 aliphatic carbocycles. The van der Waals surface area contributed by atoms with Crippen molar-refractivity contribution in [2.24, 2.45) is 5.92 Å². The lowest BCUT2D eigenvalue weighted by atomic mass is 9.96. The summed E-state index contributed by atoms with van der Waals surface area (Å²) in [6, 6.07) is -0.183. The lowest BCUT2D eigenvalue weighted by Gasteiger charge is -2.25. The zero-order valence-corrected chi connectivity index (χ0v) is 14.3. The van der Waals surface area contributed by atoms with Gasteiger partial charge in [-0.05, 0) is 26.2 Å². The summed E-state index contributed by atoms with van der Waals surface area (Å²) >= 11 is 1.64. The monoisotopic (exact) mass is 325 g/mol. The molecule has 0 aliphatic heterocycles. The summed E-state index contributed by atoms with van der Waals surface area (Å²) in [7, 11) is 0. The number of urea groups is 1. The smallest absolute Gasteiger partial charge is 0.315 e. The molecule has 0 aromatic carbocycles. The number of aryl methyl sites for hydroxylation is 1. The second kappa shape index (κ2) is 8.48. The van der Waals surface area contributed by atoms with E-state index in [-0.39, 0.29) is 30.6 Å². The number of nitrogens with zero attached hydrogens (tertiary/aromatic N) is 1. The van der Waals surface area contributed by atoms with Crippen molar-refractivity contribution in [3.63, 3.8) is 0 Å². The number of carbonyl (C=O) groups excluding carboxylic acids is 1. The lowest BCUT2D eigenvalue weighted by molar-refractivity contribution is 0.178. The third-order valence-corrected chi connectivity index (χ3v) is 5.67. The van der Waals surface area contributed by atoms with E-state index in [9.17, 15) is 9.90 Å². The number of amides is 2. The number of thiazole rings is 1. The van der Waals surface area contributed by atoms with Gasteiger partial charge in [-0.2, -0.15) is 0 Å². The average Bonchev–Trinajstić information content (AvgIpc) is 2.88. The standard InChI is InChI=1S/C16H27N3O2S/c1-3-13-9-17-15(22-13)11(2)18-16(21)19-14-8-6-4-5-7-12(14)10-20/h9,11-12,14,20H,3-8,10H2,1-2H3,(H2,18,19,21). The van der Waals surface area contributed by atoms with Crippen molar-refractivity contribution < 1.29 is 9.90 Å². The Bertz CT molecular complexity index is 478. The van der Waals surface area contributed by atoms with Crippen LogP contribution in [-0.2, 0) is 6.42 Å². The number of aliphatic hydroxyl groups is 1. The molecule has 1 aliphatic rings. The van der Waals surface area contributed by atoms with Gasteiger partial charge in [0.15, 0.2) is 0 Å². The molecule has 1 aromatic heterocycles. The van der Waals surface area contributed by atoms with Crippen LogP contribution in [0.1, 0.15) is 61.9 Å². The summed E-state index contributed by atoms with van der Waals surface area (Å²) in [5, 5.41) is 16.5. The summed E-state index contributed by atoms with van der Waals surface area (Å²) in [6.45, 7) is 4.20. The first-order valence-electron chi connectivity index (χ1n) is 8.26. The molecule has 0 saturated heterocycles. The van der Waals surface area contributed by atoms with E-state index in [1.54, 1.807) is 11.3 Å². The Kier molecular flexibility index (Phi) is 6.64. The zero-order chi connectivity index (χ0) is 15.9. The molecule has 1 saturated carbocycles. The van der Waals surface area contributed by atoms with Crippen LogP contribution >= 0.6 is 11.3 Å². The van der Waals surface area contributed by atoms with E-state index in [1.807, 2.05) is 13.1 Å². The van der Waals surface area contributed by atoms with Gasteiger partial charge in [-0.1, -0.05) is 26.2 Å². The second-order valence-corrected chi connectivity index (χ2v) is 7.19. The Hall–Kier alpha value is -1.14. The first kappa shape index (κ1) is 17.2. The molecule has 1 fully saturated rings. The van der Waals surface area contributed by atoms with Gasteiger partial charge in [-0.15, -0.1) is 11.3 Å². The molecule has 0 spiro atoms. The van der Waals surface area contributed by atoms with Gasteiger partial charge >= 0.3 is 6.03 Å². The molecule has 0 bridgehead atoms. The van der Waals surface area contributed by atoms with Crippen LogP contribution in [0.25, 0.3) is 0 Å². The van der Waals surface area contributed by atoms with Crippen LogP contribution in [0.3, 0.4) is 0 Å². The van der Waals surface area contributed by atoms with Crippen LogP contribution in [0, 0.1) is 5.92 Å². The summed E-state index contributed by atoms with van der Waals surface area (Å²) in [5.41, 5.74) is 0. The van der Waals surface area contributed by atoms with E-state index in [0.29, 0.717) is 0 Å². The van der Waals surface area contributed by atoms with Crippen LogP contribution in [0.2, 0.25) is 0 Å². The minimum atomic E-state index is -0.161. The SMILES string of the molecule is CCc1cnc(C(C)NC(=O)NC2CCCCCC2CO)s1. The highest BCUT2D eigenvalue weighted by Crippen LogP contribution is 2.24. The highest BCUT2D eigenvalue weighted by atomic mass is 32.1. The fraction of sp³-hybridized carbons (Fsp3) is 0.750. The molecule has 0 radical (unpaired) electrons. The first-order valence-corrected chi connectivity index (χ1v) is 9.08. The Morgan fingerprint density at radius 1 is 1.45 bits per heavy atom. The van der Waals surface area contributed by atoms with Crippen molar-refractivity contribution in [2.45, 2.75) is 64.5 Å². The van der Waals surface area contributed by atoms with Crippen LogP contribution in [0.5, 0.6) is 0 Å². The first-order chi connectivity index (χ1) is 10.6. The summed E-state index contributed by atoms with van der Waals surface area (Å²) in [6.07, 6.45) is 8.23. The molecular weight excluding hydrogens is 298 g/mol. The van der Waals surface area contributed by atoms with E-state index in [1.165, 1.54) is 11.3 Å². The Morgan fingerprint density at radius 3 is 2.91 bits per heavy atom. The third kappa shape index (κ3) is 4.68. The van der Waals surface area contributed by atoms with Crippen molar-refractivity contribution in [1.82, 2.24) is 15.6 Å². The number of rotatable bonds is 5. The van der Waals surface area contributed by atoms with Gasteiger partial charge in [-0.25, -0.2) is 9.78 Å². The van der Waals surface area contributed by atoms with Crippen LogP contribution in [0.15, 0.2) is 6.20 Å². The zero-order valence-electron chi connectivity index (χ0n) is 13.5. The summed E-state index contributed by atoms with van der Waals surface area (Å²) < 4.78 is 0. The maximum absolute atomic E-state index is 12.2. The number of hydrogen-bond acceptors (Lipinski definition) is 4. The van der Waals surface area contributed by atoms with Crippen molar-refractivity contribution in [3.05, 3.63) is 16.1 Å². The Morgan fingerprint density at radius 2 is 2.23 bits per heavy atom. The molecule has 3 unspecified atom stereocenters. The number of carbonyl (C=O) groups is 1. The highest BCUT2D eigenvalue weighted by Gasteiger charge is 2.25. The van der Waals surface area contributed by atoms with E-state index >= 15 is 0 Å². The van der Waals surface area contributed by atoms with Crippen molar-refractivity contribution in [1.29, 1.82) is 0 Å². The van der Waals surface area contributed by atoms with Crippen molar-refractivity contribution in [3.8, 4) is 0 Å². The molecule has 5 nitrogen and oxygen atoms in total. The topological polar surface area (TPSA) is 74.2 Å². The predicted octanol–water partition coefficient (Wildman–Crippen LogP) is 3.01. The van der Waals surface area contributed by atoms with Crippen LogP contribution in [-0.4, -0.2) is 28.8 Å². The van der Waals surface area contributed by atoms with E-state index in [2.05, 4.69) is 22.5 Å². The molecule has 2 amide bonds. The van der Waals surface area contributed by atoms with Gasteiger partial charge < -0.3 is 15.7 Å². The number of nitrogens with one attached hydrogen (secondary N) is 2. The lowest BCUT2D eigenvalue weighted by Crippen LogP contribution is -2.46. The fourth-order valence-electron chi connectivity index (χ4n) is 2.95. The summed E-state index contributed by atoms with van der Waals surface area (Å²) in [5.74, 6) is 0.176. The Balaban J connectivity index is 1.88. The molecule has 3 N–H and O–H groups in total. The predicted molar refractivity (Wildman–Crippen MR) is 89.0 cm³/mol. The molecular formula is C16H27N3O2S. The van der Waals surface area contributed by atoms with Gasteiger partial charge in [-0.3, -0.25) is 0 Å². The van der Waals surface area contributed by atoms with Gasteiger partial charge in [0.25, 0.3) is 0 Å². The molecule has 22 heavy (non-hydrogen) atoms. The molecule has 1 aromatic rings. The van der Waals surface area contributed by atoms with Crippen LogP contribution in [0.4, 0.5) is 4.79 Å². The second-order valence-electron chi connectivity index (χ2n) is 6.05. The van der Waals surface area contributed by atoms with Gasteiger partial charge in [0.05, 0.1) is 6.04 Å². The van der Waals surface area contributed by atoms with Crippen molar-refractivity contribution in [2.75, 3.05) is 6.61 Å². The maximum atomic E-state index is 12.2. The summed E-state index contributed by atoms with van der Waals surface area (Å²) in [4.78, 5) is 17.8. The number of aliphatic hydroxyl groups excluding tert-OH is 1. The normalized spacial score (nSPS) is 23.6. The fourth-order valence-corrected chi connectivity index (χ4v) is 3.81. The highest BCUT2D eigenvalue weighted by molar-refractivity contribution is 7.11. The number of aromatic nitrogens is 1. The third-order valence-electron chi connectivity index (χ3n) is 4.35. The molecule has 1 heterocycles. The minimum Gasteiger partial charge on any atom is -0.396 e. The average molecular weight is 325 g/mol. The largest absolute Gasteiger partial charge is 0.396 e. The van der Waals surface area contributed by atoms with Gasteiger partial charge in [0, 0.05) is 29.6 Å². The minimum absolute atomic E-state index is 0.0715. The molecule has 2 rings (SSSR count). The quantitative estimate of drug-likeness (QED) is 0.729. The van der Waals surface area contributed by atoms with E-state index < -0.39 is 0 Å². The maximum Gasteiger partial charge on any atom is 0.315 e.